The fraction of sp³-hybridized carbons (Fsp3) is 0.500. The van der Waals surface area contributed by atoms with Crippen molar-refractivity contribution in [3.8, 4) is 0 Å². The van der Waals surface area contributed by atoms with E-state index in [1.807, 2.05) is 13.0 Å². The van der Waals surface area contributed by atoms with Crippen LogP contribution in [0.15, 0.2) is 18.3 Å². The van der Waals surface area contributed by atoms with Crippen LogP contribution in [0, 0.1) is 6.92 Å². The summed E-state index contributed by atoms with van der Waals surface area (Å²) in [5.74, 6) is -0.593. The number of hydrogen-bond acceptors (Lipinski definition) is 5. The van der Waals surface area contributed by atoms with E-state index in [1.54, 1.807) is 24.1 Å². The summed E-state index contributed by atoms with van der Waals surface area (Å²) in [5, 5.41) is 3.11. The van der Waals surface area contributed by atoms with Crippen molar-refractivity contribution in [3.05, 3.63) is 29.6 Å². The van der Waals surface area contributed by atoms with Gasteiger partial charge in [0.25, 0.3) is 5.91 Å². The van der Waals surface area contributed by atoms with Gasteiger partial charge in [-0.25, -0.2) is 4.79 Å². The Balaban J connectivity index is 2.22. The fourth-order valence-electron chi connectivity index (χ4n) is 2.24. The molecule has 6 heteroatoms. The molecule has 2 heterocycles. The van der Waals surface area contributed by atoms with Crippen molar-refractivity contribution in [2.45, 2.75) is 19.9 Å². The molecule has 1 amide bonds. The fourth-order valence-corrected chi connectivity index (χ4v) is 2.24. The van der Waals surface area contributed by atoms with E-state index in [1.165, 1.54) is 0 Å². The number of ether oxygens (including phenoxy) is 1. The predicted octanol–water partition coefficient (Wildman–Crippen LogP) is 0.367. The summed E-state index contributed by atoms with van der Waals surface area (Å²) in [6.07, 6.45) is 1.59. The van der Waals surface area contributed by atoms with Crippen molar-refractivity contribution in [1.82, 2.24) is 15.2 Å². The van der Waals surface area contributed by atoms with Gasteiger partial charge in [-0.1, -0.05) is 6.07 Å². The average molecular weight is 277 g/mol. The first-order chi connectivity index (χ1) is 9.65. The largest absolute Gasteiger partial charge is 0.464 e. The molecule has 0 spiro atoms. The second-order valence-corrected chi connectivity index (χ2v) is 4.64. The normalized spacial score (nSPS) is 18.7. The Labute approximate surface area is 118 Å². The summed E-state index contributed by atoms with van der Waals surface area (Å²) in [5.41, 5.74) is 1.20. The second-order valence-electron chi connectivity index (χ2n) is 4.64. The molecule has 108 valence electrons. The van der Waals surface area contributed by atoms with Crippen LogP contribution in [0.25, 0.3) is 0 Å². The van der Waals surface area contributed by atoms with Crippen LogP contribution in [-0.2, 0) is 9.53 Å². The number of amides is 1. The van der Waals surface area contributed by atoms with E-state index < -0.39 is 6.04 Å². The Morgan fingerprint density at radius 3 is 3.05 bits per heavy atom. The molecule has 1 fully saturated rings. The Bertz CT molecular complexity index is 504. The molecule has 1 aromatic rings. The van der Waals surface area contributed by atoms with E-state index in [0.29, 0.717) is 31.9 Å². The van der Waals surface area contributed by atoms with Crippen molar-refractivity contribution in [1.29, 1.82) is 0 Å². The Hall–Kier alpha value is -1.95. The van der Waals surface area contributed by atoms with E-state index in [2.05, 4.69) is 10.3 Å². The van der Waals surface area contributed by atoms with E-state index >= 15 is 0 Å². The van der Waals surface area contributed by atoms with Crippen molar-refractivity contribution >= 4 is 11.9 Å². The van der Waals surface area contributed by atoms with E-state index in [-0.39, 0.29) is 11.9 Å². The summed E-state index contributed by atoms with van der Waals surface area (Å²) in [7, 11) is 0. The highest BCUT2D eigenvalue weighted by atomic mass is 16.5. The molecule has 0 saturated carbocycles. The lowest BCUT2D eigenvalue weighted by molar-refractivity contribution is -0.149. The van der Waals surface area contributed by atoms with E-state index in [9.17, 15) is 9.59 Å². The number of aromatic nitrogens is 1. The molecule has 2 rings (SSSR count). The topological polar surface area (TPSA) is 71.5 Å². The van der Waals surface area contributed by atoms with Gasteiger partial charge in [0.1, 0.15) is 11.7 Å². The third-order valence-electron chi connectivity index (χ3n) is 3.27. The number of carbonyl (C=O) groups is 2. The molecule has 0 bridgehead atoms. The summed E-state index contributed by atoms with van der Waals surface area (Å²) >= 11 is 0. The lowest BCUT2D eigenvalue weighted by atomic mass is 10.1. The maximum Gasteiger partial charge on any atom is 0.330 e. The molecule has 20 heavy (non-hydrogen) atoms. The van der Waals surface area contributed by atoms with Gasteiger partial charge in [0.05, 0.1) is 6.61 Å². The molecule has 1 aliphatic rings. The molecular formula is C14H19N3O3. The quantitative estimate of drug-likeness (QED) is 0.808. The maximum absolute atomic E-state index is 12.6. The van der Waals surface area contributed by atoms with Crippen molar-refractivity contribution in [2.24, 2.45) is 0 Å². The third-order valence-corrected chi connectivity index (χ3v) is 3.27. The molecule has 1 aromatic heterocycles. The summed E-state index contributed by atoms with van der Waals surface area (Å²) in [6.45, 7) is 5.44. The van der Waals surface area contributed by atoms with Crippen LogP contribution in [0.3, 0.4) is 0 Å². The van der Waals surface area contributed by atoms with Crippen molar-refractivity contribution in [2.75, 3.05) is 26.2 Å². The number of rotatable bonds is 3. The summed E-state index contributed by atoms with van der Waals surface area (Å²) in [4.78, 5) is 30.2. The standard InChI is InChI=1S/C14H19N3O3/c1-3-20-14(19)11-9-15-7-8-17(11)13(18)12-10(2)5-4-6-16-12/h4-6,11,15H,3,7-9H2,1-2H3. The number of nitrogens with zero attached hydrogens (tertiary/aromatic N) is 2. The molecular weight excluding hydrogens is 258 g/mol. The SMILES string of the molecule is CCOC(=O)C1CNCCN1C(=O)c1ncccc1C. The molecule has 1 atom stereocenters. The molecule has 0 radical (unpaired) electrons. The summed E-state index contributed by atoms with van der Waals surface area (Å²) in [6, 6.07) is 3.03. The van der Waals surface area contributed by atoms with Gasteiger partial charge in [-0.3, -0.25) is 9.78 Å². The van der Waals surface area contributed by atoms with Gasteiger partial charge in [0.15, 0.2) is 0 Å². The lowest BCUT2D eigenvalue weighted by Crippen LogP contribution is -2.57. The molecule has 0 aromatic carbocycles. The van der Waals surface area contributed by atoms with Gasteiger partial charge >= 0.3 is 5.97 Å². The highest BCUT2D eigenvalue weighted by Crippen LogP contribution is 2.13. The van der Waals surface area contributed by atoms with Crippen molar-refractivity contribution < 1.29 is 14.3 Å². The highest BCUT2D eigenvalue weighted by molar-refractivity contribution is 5.96. The first-order valence-electron chi connectivity index (χ1n) is 6.75. The molecule has 6 nitrogen and oxygen atoms in total. The van der Waals surface area contributed by atoms with Gasteiger partial charge in [-0.2, -0.15) is 0 Å². The Morgan fingerprint density at radius 1 is 1.55 bits per heavy atom. The maximum atomic E-state index is 12.6. The van der Waals surface area contributed by atoms with Gasteiger partial charge in [-0.15, -0.1) is 0 Å². The van der Waals surface area contributed by atoms with Crippen LogP contribution < -0.4 is 5.32 Å². The van der Waals surface area contributed by atoms with Crippen LogP contribution in [0.5, 0.6) is 0 Å². The summed E-state index contributed by atoms with van der Waals surface area (Å²) < 4.78 is 5.03. The number of aryl methyl sites for hydroxylation is 1. The van der Waals surface area contributed by atoms with Gasteiger partial charge in [0, 0.05) is 25.8 Å². The van der Waals surface area contributed by atoms with Gasteiger partial charge < -0.3 is 15.0 Å². The third kappa shape index (κ3) is 2.96. The number of nitrogens with one attached hydrogen (secondary N) is 1. The molecule has 1 unspecified atom stereocenters. The van der Waals surface area contributed by atoms with Gasteiger partial charge in [-0.05, 0) is 25.5 Å². The van der Waals surface area contributed by atoms with Crippen molar-refractivity contribution in [3.63, 3.8) is 0 Å². The zero-order valence-electron chi connectivity index (χ0n) is 11.8. The second kappa shape index (κ2) is 6.47. The predicted molar refractivity (Wildman–Crippen MR) is 73.3 cm³/mol. The van der Waals surface area contributed by atoms with Crippen LogP contribution in [0.1, 0.15) is 23.0 Å². The highest BCUT2D eigenvalue weighted by Gasteiger charge is 2.34. The zero-order valence-corrected chi connectivity index (χ0v) is 11.8. The molecule has 1 N–H and O–H groups in total. The number of esters is 1. The first kappa shape index (κ1) is 14.5. The Morgan fingerprint density at radius 2 is 2.35 bits per heavy atom. The number of pyridine rings is 1. The van der Waals surface area contributed by atoms with Crippen LogP contribution in [-0.4, -0.2) is 54.0 Å². The monoisotopic (exact) mass is 277 g/mol. The smallest absolute Gasteiger partial charge is 0.330 e. The minimum Gasteiger partial charge on any atom is -0.464 e. The zero-order chi connectivity index (χ0) is 14.5. The molecule has 1 saturated heterocycles. The average Bonchev–Trinajstić information content (AvgIpc) is 2.47. The number of carbonyl (C=O) groups excluding carboxylic acids is 2. The van der Waals surface area contributed by atoms with E-state index in [4.69, 9.17) is 4.74 Å². The number of piperazine rings is 1. The lowest BCUT2D eigenvalue weighted by Gasteiger charge is -2.34. The minimum atomic E-state index is -0.586. The Kier molecular flexibility index (Phi) is 4.68. The first-order valence-corrected chi connectivity index (χ1v) is 6.75. The van der Waals surface area contributed by atoms with Crippen LogP contribution >= 0.6 is 0 Å². The van der Waals surface area contributed by atoms with E-state index in [0.717, 1.165) is 5.56 Å². The van der Waals surface area contributed by atoms with Gasteiger partial charge in [0.2, 0.25) is 0 Å². The van der Waals surface area contributed by atoms with Crippen LogP contribution in [0.4, 0.5) is 0 Å². The van der Waals surface area contributed by atoms with Crippen LogP contribution in [0.2, 0.25) is 0 Å². The molecule has 1 aliphatic heterocycles. The number of hydrogen-bond donors (Lipinski definition) is 1. The molecule has 0 aliphatic carbocycles. The minimum absolute atomic E-state index is 0.220.